The Hall–Kier alpha value is -4.86. The van der Waals surface area contributed by atoms with Crippen molar-refractivity contribution in [2.45, 2.75) is 40.3 Å². The number of aromatic nitrogens is 3. The van der Waals surface area contributed by atoms with Crippen LogP contribution in [0.3, 0.4) is 0 Å². The number of benzene rings is 2. The zero-order chi connectivity index (χ0) is 28.9. The van der Waals surface area contributed by atoms with Crippen molar-refractivity contribution in [3.8, 4) is 11.1 Å². The Morgan fingerprint density at radius 3 is 2.30 bits per heavy atom. The third-order valence-electron chi connectivity index (χ3n) is 6.40. The van der Waals surface area contributed by atoms with Crippen molar-refractivity contribution in [2.24, 2.45) is 11.3 Å². The molecule has 206 valence electrons. The minimum Gasteiger partial charge on any atom is -0.481 e. The molecule has 0 saturated carbocycles. The number of anilines is 1. The number of nitrogens with zero attached hydrogens (tertiary/aromatic N) is 3. The number of nitrogens with one attached hydrogen (secondary N) is 2. The number of aliphatic carboxylic acids is 1. The highest BCUT2D eigenvalue weighted by atomic mass is 16.5. The van der Waals surface area contributed by atoms with Crippen LogP contribution in [0.5, 0.6) is 0 Å². The average molecular weight is 542 g/mol. The number of rotatable bonds is 10. The molecule has 1 atom stereocenters. The van der Waals surface area contributed by atoms with Crippen LogP contribution in [0.25, 0.3) is 22.2 Å². The Kier molecular flexibility index (Phi) is 8.37. The number of carbonyl (C=O) groups excluding carboxylic acids is 2. The maximum Gasteiger partial charge on any atom is 0.413 e. The summed E-state index contributed by atoms with van der Waals surface area (Å²) in [6, 6.07) is 18.7. The lowest BCUT2D eigenvalue weighted by Crippen LogP contribution is -2.37. The molecule has 2 aromatic heterocycles. The number of carboxylic acid groups (broad SMARTS) is 1. The van der Waals surface area contributed by atoms with Crippen molar-refractivity contribution in [3.63, 3.8) is 0 Å². The second-order valence-corrected chi connectivity index (χ2v) is 10.4. The van der Waals surface area contributed by atoms with Crippen LogP contribution in [0.4, 0.5) is 10.6 Å². The molecule has 0 radical (unpaired) electrons. The molecule has 0 aliphatic heterocycles. The molecule has 1 amide bonds. The maximum atomic E-state index is 12.7. The first-order valence-corrected chi connectivity index (χ1v) is 12.8. The highest BCUT2D eigenvalue weighted by Gasteiger charge is 2.34. The van der Waals surface area contributed by atoms with E-state index in [9.17, 15) is 19.5 Å². The molecule has 10 heteroatoms. The highest BCUT2D eigenvalue weighted by Crippen LogP contribution is 2.34. The fourth-order valence-electron chi connectivity index (χ4n) is 4.30. The first-order valence-electron chi connectivity index (χ1n) is 12.8. The van der Waals surface area contributed by atoms with Gasteiger partial charge in [-0.1, -0.05) is 81.4 Å². The lowest BCUT2D eigenvalue weighted by Gasteiger charge is -2.21. The van der Waals surface area contributed by atoms with Gasteiger partial charge in [0.1, 0.15) is 30.3 Å². The maximum absolute atomic E-state index is 12.7. The molecule has 0 aliphatic carbocycles. The number of ketones is 1. The summed E-state index contributed by atoms with van der Waals surface area (Å²) in [5, 5.41) is 21.4. The summed E-state index contributed by atoms with van der Waals surface area (Å²) in [6.45, 7) is 5.22. The monoisotopic (exact) mass is 541 g/mol. The topological polar surface area (TPSA) is 147 Å². The molecule has 0 aliphatic rings. The van der Waals surface area contributed by atoms with Crippen LogP contribution >= 0.6 is 0 Å². The fraction of sp³-hybridized carbons (Fsp3) is 0.267. The molecular weight excluding hydrogens is 510 g/mol. The normalized spacial score (nSPS) is 12.1. The van der Waals surface area contributed by atoms with Gasteiger partial charge in [0.25, 0.3) is 0 Å². The molecule has 3 N–H and O–H groups in total. The van der Waals surface area contributed by atoms with Gasteiger partial charge in [-0.15, -0.1) is 0 Å². The van der Waals surface area contributed by atoms with Gasteiger partial charge in [-0.05, 0) is 17.5 Å². The summed E-state index contributed by atoms with van der Waals surface area (Å²) in [5.41, 5.74) is 1.57. The van der Waals surface area contributed by atoms with Crippen LogP contribution in [0.2, 0.25) is 0 Å². The zero-order valence-electron chi connectivity index (χ0n) is 22.5. The van der Waals surface area contributed by atoms with E-state index in [1.807, 2.05) is 66.9 Å². The molecule has 0 fully saturated rings. The van der Waals surface area contributed by atoms with E-state index in [1.165, 1.54) is 6.33 Å². The molecule has 2 aromatic carbocycles. The Balaban J connectivity index is 1.65. The number of fused-ring (bicyclic) bond motifs is 1. The molecule has 40 heavy (non-hydrogen) atoms. The van der Waals surface area contributed by atoms with Gasteiger partial charge in [0.05, 0.1) is 11.1 Å². The Labute approximate surface area is 231 Å². The van der Waals surface area contributed by atoms with Crippen LogP contribution in [0.1, 0.15) is 32.8 Å². The van der Waals surface area contributed by atoms with Crippen LogP contribution in [0, 0.1) is 16.7 Å². The quantitative estimate of drug-likeness (QED) is 0.222. The van der Waals surface area contributed by atoms with E-state index in [1.54, 1.807) is 25.3 Å². The number of ether oxygens (including phenoxy) is 1. The Bertz CT molecular complexity index is 1540. The number of hydrogen-bond acceptors (Lipinski definition) is 7. The van der Waals surface area contributed by atoms with Gasteiger partial charge in [-0.2, -0.15) is 0 Å². The molecule has 10 nitrogen and oxygen atoms in total. The van der Waals surface area contributed by atoms with Crippen molar-refractivity contribution in [1.82, 2.24) is 14.5 Å². The van der Waals surface area contributed by atoms with Crippen molar-refractivity contribution in [2.75, 3.05) is 5.32 Å². The number of carboxylic acids is 1. The first-order chi connectivity index (χ1) is 19.1. The zero-order valence-corrected chi connectivity index (χ0v) is 22.5. The largest absolute Gasteiger partial charge is 0.481 e. The number of carbonyl (C=O) groups is 3. The van der Waals surface area contributed by atoms with Gasteiger partial charge in [0.2, 0.25) is 0 Å². The highest BCUT2D eigenvalue weighted by molar-refractivity contribution is 6.43. The van der Waals surface area contributed by atoms with E-state index in [2.05, 4.69) is 15.3 Å². The van der Waals surface area contributed by atoms with Crippen molar-refractivity contribution >= 4 is 40.4 Å². The minimum absolute atomic E-state index is 0.000121. The Morgan fingerprint density at radius 1 is 1.02 bits per heavy atom. The molecular formula is C30H31N5O5. The van der Waals surface area contributed by atoms with Gasteiger partial charge in [0.15, 0.2) is 5.78 Å². The smallest absolute Gasteiger partial charge is 0.413 e. The summed E-state index contributed by atoms with van der Waals surface area (Å²) in [4.78, 5) is 46.1. The third kappa shape index (κ3) is 6.40. The molecule has 4 aromatic rings. The molecule has 0 saturated heterocycles. The molecule has 4 rings (SSSR count). The second-order valence-electron chi connectivity index (χ2n) is 10.4. The minimum atomic E-state index is -1.28. The number of amides is 1. The van der Waals surface area contributed by atoms with E-state index < -0.39 is 34.9 Å². The van der Waals surface area contributed by atoms with Gasteiger partial charge in [-0.3, -0.25) is 14.9 Å². The second kappa shape index (κ2) is 11.9. The van der Waals surface area contributed by atoms with Crippen LogP contribution in [-0.4, -0.2) is 43.2 Å². The summed E-state index contributed by atoms with van der Waals surface area (Å²) in [6.07, 6.45) is 2.43. The van der Waals surface area contributed by atoms with Gasteiger partial charge in [-0.25, -0.2) is 14.8 Å². The average Bonchev–Trinajstić information content (AvgIpc) is 3.31. The van der Waals surface area contributed by atoms with Crippen LogP contribution in [0.15, 0.2) is 73.2 Å². The van der Waals surface area contributed by atoms with Crippen molar-refractivity contribution in [1.29, 1.82) is 5.41 Å². The Morgan fingerprint density at radius 2 is 1.68 bits per heavy atom. The SMILES string of the molecule is CC(C)(C)C(=O)C(=N)[C@@H](CCn1cc(-c2ccccc2)c2c(NC(=O)OCc3ccccc3)ncnc21)C(=O)O. The predicted molar refractivity (Wildman–Crippen MR) is 151 cm³/mol. The van der Waals surface area contributed by atoms with Crippen molar-refractivity contribution in [3.05, 3.63) is 78.8 Å². The van der Waals surface area contributed by atoms with E-state index in [0.29, 0.717) is 11.0 Å². The van der Waals surface area contributed by atoms with Gasteiger partial charge >= 0.3 is 12.1 Å². The first kappa shape index (κ1) is 28.2. The predicted octanol–water partition coefficient (Wildman–Crippen LogP) is 5.57. The number of hydrogen-bond donors (Lipinski definition) is 3. The van der Waals surface area contributed by atoms with E-state index in [0.717, 1.165) is 16.7 Å². The number of Topliss-reactive ketones (excluding diaryl/α,β-unsaturated/α-hetero) is 1. The molecule has 0 bridgehead atoms. The van der Waals surface area contributed by atoms with Crippen LogP contribution < -0.4 is 5.32 Å². The van der Waals surface area contributed by atoms with Gasteiger partial charge in [0, 0.05) is 23.7 Å². The van der Waals surface area contributed by atoms with E-state index in [4.69, 9.17) is 10.1 Å². The van der Waals surface area contributed by atoms with E-state index in [-0.39, 0.29) is 25.4 Å². The fourth-order valence-corrected chi connectivity index (χ4v) is 4.30. The summed E-state index contributed by atoms with van der Waals surface area (Å²) >= 11 is 0. The van der Waals surface area contributed by atoms with E-state index >= 15 is 0 Å². The summed E-state index contributed by atoms with van der Waals surface area (Å²) in [5.74, 6) is -2.78. The van der Waals surface area contributed by atoms with Crippen molar-refractivity contribution < 1.29 is 24.2 Å². The van der Waals surface area contributed by atoms with Gasteiger partial charge < -0.3 is 19.8 Å². The molecule has 0 unspecified atom stereocenters. The summed E-state index contributed by atoms with van der Waals surface area (Å²) in [7, 11) is 0. The third-order valence-corrected chi connectivity index (χ3v) is 6.40. The number of aryl methyl sites for hydroxylation is 1. The molecule has 0 spiro atoms. The lowest BCUT2D eigenvalue weighted by molar-refractivity contribution is -0.140. The molecule has 2 heterocycles. The standard InChI is InChI=1S/C30H31N5O5/c1-30(2,3)25(36)24(31)21(28(37)38)14-15-35-16-22(20-12-8-5-9-13-20)23-26(32-18-33-27(23)35)34-29(39)40-17-19-10-6-4-7-11-19/h4-13,16,18,21,31H,14-15,17H2,1-3H3,(H,37,38)(H,32,33,34,39)/t21-/m1/s1. The lowest BCUT2D eigenvalue weighted by atomic mass is 9.82. The summed E-state index contributed by atoms with van der Waals surface area (Å²) < 4.78 is 7.13. The van der Waals surface area contributed by atoms with Crippen LogP contribution in [-0.2, 0) is 27.5 Å².